The largest absolute Gasteiger partial charge is 0.431 e. The number of hydrogen-bond acceptors (Lipinski definition) is 4. The van der Waals surface area contributed by atoms with E-state index in [1.54, 1.807) is 17.3 Å². The van der Waals surface area contributed by atoms with Crippen molar-refractivity contribution in [3.63, 3.8) is 0 Å². The fourth-order valence-electron chi connectivity index (χ4n) is 1.93. The number of rotatable bonds is 3. The summed E-state index contributed by atoms with van der Waals surface area (Å²) in [6.45, 7) is 0. The minimum Gasteiger partial charge on any atom is -0.302 e. The molecule has 2 N–H and O–H groups in total. The van der Waals surface area contributed by atoms with Crippen molar-refractivity contribution < 1.29 is 13.2 Å². The lowest BCUT2D eigenvalue weighted by atomic mass is 10.2. The van der Waals surface area contributed by atoms with Crippen LogP contribution in [0.4, 0.5) is 13.2 Å². The van der Waals surface area contributed by atoms with Gasteiger partial charge in [-0.3, -0.25) is 5.10 Å². The number of H-pyrrole nitrogens is 2. The molecule has 0 aliphatic rings. The molecule has 0 bridgehead atoms. The van der Waals surface area contributed by atoms with Crippen molar-refractivity contribution in [2.75, 3.05) is 0 Å². The SMILES string of the molecule is O=c1nc(/C=C/c2cn[nH]c2-c2cccs2)cc(C(F)(F)F)[nH]1. The van der Waals surface area contributed by atoms with E-state index >= 15 is 0 Å². The van der Waals surface area contributed by atoms with E-state index < -0.39 is 17.6 Å². The Kier molecular flexibility index (Phi) is 3.87. The van der Waals surface area contributed by atoms with Crippen LogP contribution in [0.2, 0.25) is 0 Å². The number of aromatic amines is 2. The molecule has 23 heavy (non-hydrogen) atoms. The van der Waals surface area contributed by atoms with Gasteiger partial charge < -0.3 is 4.98 Å². The third-order valence-corrected chi connectivity index (χ3v) is 3.83. The van der Waals surface area contributed by atoms with Crippen LogP contribution >= 0.6 is 11.3 Å². The number of hydrogen-bond donors (Lipinski definition) is 2. The van der Waals surface area contributed by atoms with Gasteiger partial charge in [-0.2, -0.15) is 23.3 Å². The standard InChI is InChI=1S/C14H9F3N4OS/c15-14(16,17)11-6-9(19-13(22)20-11)4-3-8-7-18-21-12(8)10-2-1-5-23-10/h1-7H,(H,18,21)(H,19,20,22)/b4-3+. The van der Waals surface area contributed by atoms with Gasteiger partial charge in [0.05, 0.1) is 22.5 Å². The van der Waals surface area contributed by atoms with Gasteiger partial charge in [-0.05, 0) is 29.7 Å². The van der Waals surface area contributed by atoms with Crippen LogP contribution in [0.15, 0.2) is 34.6 Å². The van der Waals surface area contributed by atoms with Crippen molar-refractivity contribution in [1.29, 1.82) is 0 Å². The zero-order valence-corrected chi connectivity index (χ0v) is 12.2. The number of alkyl halides is 3. The van der Waals surface area contributed by atoms with E-state index in [-0.39, 0.29) is 5.69 Å². The highest BCUT2D eigenvalue weighted by atomic mass is 32.1. The summed E-state index contributed by atoms with van der Waals surface area (Å²) >= 11 is 1.50. The normalized spacial score (nSPS) is 12.1. The monoisotopic (exact) mass is 338 g/mol. The van der Waals surface area contributed by atoms with Gasteiger partial charge in [0.25, 0.3) is 0 Å². The van der Waals surface area contributed by atoms with E-state index in [2.05, 4.69) is 15.2 Å². The second-order valence-electron chi connectivity index (χ2n) is 4.53. The molecular formula is C14H9F3N4OS. The third kappa shape index (κ3) is 3.39. The van der Waals surface area contributed by atoms with E-state index in [1.807, 2.05) is 17.5 Å². The molecule has 0 amide bonds. The highest BCUT2D eigenvalue weighted by Gasteiger charge is 2.32. The number of nitrogens with one attached hydrogen (secondary N) is 2. The molecule has 0 fully saturated rings. The molecule has 3 aromatic rings. The molecule has 0 aliphatic heterocycles. The average molecular weight is 338 g/mol. The van der Waals surface area contributed by atoms with Gasteiger partial charge in [0.1, 0.15) is 5.69 Å². The van der Waals surface area contributed by atoms with Gasteiger partial charge in [-0.25, -0.2) is 4.79 Å². The summed E-state index contributed by atoms with van der Waals surface area (Å²) in [5, 5.41) is 8.66. The first-order valence-corrected chi connectivity index (χ1v) is 7.25. The molecule has 0 atom stereocenters. The molecule has 0 spiro atoms. The molecule has 3 rings (SSSR count). The zero-order valence-electron chi connectivity index (χ0n) is 11.4. The van der Waals surface area contributed by atoms with Gasteiger partial charge in [-0.15, -0.1) is 11.3 Å². The molecule has 3 heterocycles. The van der Waals surface area contributed by atoms with Crippen molar-refractivity contribution in [2.45, 2.75) is 6.18 Å². The van der Waals surface area contributed by atoms with Crippen molar-refractivity contribution in [3.05, 3.63) is 57.2 Å². The number of aromatic nitrogens is 4. The smallest absolute Gasteiger partial charge is 0.302 e. The number of nitrogens with zero attached hydrogens (tertiary/aromatic N) is 2. The van der Waals surface area contributed by atoms with E-state index in [4.69, 9.17) is 0 Å². The van der Waals surface area contributed by atoms with E-state index in [0.29, 0.717) is 5.56 Å². The van der Waals surface area contributed by atoms with Crippen LogP contribution in [0.3, 0.4) is 0 Å². The summed E-state index contributed by atoms with van der Waals surface area (Å²) in [4.78, 5) is 17.4. The molecule has 3 aromatic heterocycles. The predicted octanol–water partition coefficient (Wildman–Crippen LogP) is 3.41. The van der Waals surface area contributed by atoms with Crippen LogP contribution < -0.4 is 5.69 Å². The number of thiophene rings is 1. The lowest BCUT2D eigenvalue weighted by Crippen LogP contribution is -2.19. The summed E-state index contributed by atoms with van der Waals surface area (Å²) in [7, 11) is 0. The highest BCUT2D eigenvalue weighted by molar-refractivity contribution is 7.13. The van der Waals surface area contributed by atoms with E-state index in [0.717, 1.165) is 16.6 Å². The van der Waals surface area contributed by atoms with Crippen LogP contribution in [0.25, 0.3) is 22.7 Å². The van der Waals surface area contributed by atoms with Crippen LogP contribution in [0.5, 0.6) is 0 Å². The molecule has 0 saturated heterocycles. The molecule has 118 valence electrons. The maximum Gasteiger partial charge on any atom is 0.431 e. The van der Waals surface area contributed by atoms with Gasteiger partial charge in [0, 0.05) is 5.56 Å². The fourth-order valence-corrected chi connectivity index (χ4v) is 2.67. The Labute approximate surface area is 131 Å². The second kappa shape index (κ2) is 5.84. The molecule has 0 aliphatic carbocycles. The minimum absolute atomic E-state index is 0.0839. The summed E-state index contributed by atoms with van der Waals surface area (Å²) < 4.78 is 38.0. The lowest BCUT2D eigenvalue weighted by Gasteiger charge is -2.05. The summed E-state index contributed by atoms with van der Waals surface area (Å²) in [5.74, 6) is 0. The van der Waals surface area contributed by atoms with Gasteiger partial charge in [0.2, 0.25) is 0 Å². The second-order valence-corrected chi connectivity index (χ2v) is 5.48. The highest BCUT2D eigenvalue weighted by Crippen LogP contribution is 2.28. The minimum atomic E-state index is -4.64. The Balaban J connectivity index is 1.94. The lowest BCUT2D eigenvalue weighted by molar-refractivity contribution is -0.141. The van der Waals surface area contributed by atoms with Gasteiger partial charge >= 0.3 is 11.9 Å². The molecule has 0 radical (unpaired) electrons. The van der Waals surface area contributed by atoms with Gasteiger partial charge in [0.15, 0.2) is 0 Å². The summed E-state index contributed by atoms with van der Waals surface area (Å²) in [6, 6.07) is 4.55. The summed E-state index contributed by atoms with van der Waals surface area (Å²) in [5.41, 5.74) is -0.840. The predicted molar refractivity (Wildman–Crippen MR) is 80.7 cm³/mol. The van der Waals surface area contributed by atoms with E-state index in [1.165, 1.54) is 17.4 Å². The molecule has 5 nitrogen and oxygen atoms in total. The topological polar surface area (TPSA) is 74.4 Å². The molecular weight excluding hydrogens is 329 g/mol. The first kappa shape index (κ1) is 15.2. The Morgan fingerprint density at radius 2 is 2.09 bits per heavy atom. The Morgan fingerprint density at radius 1 is 1.26 bits per heavy atom. The Hall–Kier alpha value is -2.68. The van der Waals surface area contributed by atoms with Crippen LogP contribution in [0, 0.1) is 0 Å². The molecule has 0 aromatic carbocycles. The fraction of sp³-hybridized carbons (Fsp3) is 0.0714. The Bertz CT molecular complexity index is 893. The van der Waals surface area contributed by atoms with Crippen molar-refractivity contribution in [1.82, 2.24) is 20.2 Å². The molecule has 0 unspecified atom stereocenters. The van der Waals surface area contributed by atoms with Gasteiger partial charge in [-0.1, -0.05) is 6.07 Å². The van der Waals surface area contributed by atoms with E-state index in [9.17, 15) is 18.0 Å². The summed E-state index contributed by atoms with van der Waals surface area (Å²) in [6.07, 6.45) is -0.196. The first-order chi connectivity index (χ1) is 10.9. The number of halogens is 3. The van der Waals surface area contributed by atoms with Crippen LogP contribution in [-0.4, -0.2) is 20.2 Å². The maximum absolute atomic E-state index is 12.7. The van der Waals surface area contributed by atoms with Crippen LogP contribution in [-0.2, 0) is 6.18 Å². The average Bonchev–Trinajstić information content (AvgIpc) is 3.14. The van der Waals surface area contributed by atoms with Crippen LogP contribution in [0.1, 0.15) is 17.0 Å². The van der Waals surface area contributed by atoms with Crippen molar-refractivity contribution >= 4 is 23.5 Å². The third-order valence-electron chi connectivity index (χ3n) is 2.94. The van der Waals surface area contributed by atoms with Crippen molar-refractivity contribution in [2.24, 2.45) is 0 Å². The zero-order chi connectivity index (χ0) is 16.4. The molecule has 9 heteroatoms. The Morgan fingerprint density at radius 3 is 2.78 bits per heavy atom. The quantitative estimate of drug-likeness (QED) is 0.768. The van der Waals surface area contributed by atoms with Crippen molar-refractivity contribution in [3.8, 4) is 10.6 Å². The first-order valence-electron chi connectivity index (χ1n) is 6.37. The maximum atomic E-state index is 12.7. The molecule has 0 saturated carbocycles.